The van der Waals surface area contributed by atoms with Gasteiger partial charge in [-0.3, -0.25) is 0 Å². The van der Waals surface area contributed by atoms with Gasteiger partial charge in [-0.25, -0.2) is 9.97 Å². The number of fused-ring (bicyclic) bond motifs is 1. The zero-order chi connectivity index (χ0) is 20.6. The zero-order valence-electron chi connectivity index (χ0n) is 17.6. The first kappa shape index (κ1) is 19.7. The minimum atomic E-state index is 0.397. The molecule has 2 heterocycles. The van der Waals surface area contributed by atoms with Crippen molar-refractivity contribution in [1.82, 2.24) is 14.5 Å². The number of methoxy groups -OCH3 is 1. The molecule has 0 saturated carbocycles. The summed E-state index contributed by atoms with van der Waals surface area (Å²) in [6.45, 7) is 13.3. The molecule has 148 valence electrons. The maximum atomic E-state index is 5.97. The number of aromatic nitrogens is 3. The zero-order valence-corrected chi connectivity index (χ0v) is 17.6. The van der Waals surface area contributed by atoms with Crippen LogP contribution in [0.2, 0.25) is 0 Å². The van der Waals surface area contributed by atoms with Gasteiger partial charge >= 0.3 is 0 Å². The molecule has 3 rings (SSSR count). The summed E-state index contributed by atoms with van der Waals surface area (Å²) in [5.41, 5.74) is 11.1. The van der Waals surface area contributed by atoms with E-state index in [-0.39, 0.29) is 0 Å². The summed E-state index contributed by atoms with van der Waals surface area (Å²) in [6, 6.07) is 6.44. The topological polar surface area (TPSA) is 69.2 Å². The summed E-state index contributed by atoms with van der Waals surface area (Å²) >= 11 is 0. The van der Waals surface area contributed by atoms with E-state index in [2.05, 4.69) is 49.4 Å². The number of anilines is 1. The van der Waals surface area contributed by atoms with E-state index in [1.165, 1.54) is 0 Å². The predicted molar refractivity (Wildman–Crippen MR) is 117 cm³/mol. The van der Waals surface area contributed by atoms with Gasteiger partial charge in [0.25, 0.3) is 0 Å². The molecule has 0 fully saturated rings. The molecule has 0 radical (unpaired) electrons. The summed E-state index contributed by atoms with van der Waals surface area (Å²) in [5, 5.41) is 0. The normalized spacial score (nSPS) is 11.2. The monoisotopic (exact) mass is 379 g/mol. The van der Waals surface area contributed by atoms with Crippen molar-refractivity contribution in [2.75, 3.05) is 18.6 Å². The van der Waals surface area contributed by atoms with E-state index in [1.54, 1.807) is 7.11 Å². The second kappa shape index (κ2) is 7.54. The van der Waals surface area contributed by atoms with E-state index in [0.717, 1.165) is 51.7 Å². The van der Waals surface area contributed by atoms with E-state index in [1.807, 2.05) is 30.8 Å². The Kier molecular flexibility index (Phi) is 5.31. The standard InChI is InChI=1S/C22H29N5O/c1-8-27(13(2)3)19-10-9-16(12-24-19)22-25-20-14(4)17(15(5)23)11-18(28-7)21(20)26(22)6/h9-13H,5,8,23H2,1-4,6-7H3. The van der Waals surface area contributed by atoms with Crippen LogP contribution in [-0.4, -0.2) is 34.2 Å². The van der Waals surface area contributed by atoms with Crippen molar-refractivity contribution < 1.29 is 4.74 Å². The van der Waals surface area contributed by atoms with Crippen molar-refractivity contribution in [3.05, 3.63) is 42.1 Å². The quantitative estimate of drug-likeness (QED) is 0.698. The van der Waals surface area contributed by atoms with E-state index < -0.39 is 0 Å². The Morgan fingerprint density at radius 1 is 1.36 bits per heavy atom. The van der Waals surface area contributed by atoms with E-state index in [4.69, 9.17) is 15.5 Å². The van der Waals surface area contributed by atoms with Crippen LogP contribution in [0.5, 0.6) is 5.75 Å². The van der Waals surface area contributed by atoms with Gasteiger partial charge in [0.2, 0.25) is 0 Å². The van der Waals surface area contributed by atoms with Gasteiger partial charge in [0, 0.05) is 42.7 Å². The number of benzene rings is 1. The summed E-state index contributed by atoms with van der Waals surface area (Å²) in [5.74, 6) is 2.53. The lowest BCUT2D eigenvalue weighted by atomic mass is 10.0. The lowest BCUT2D eigenvalue weighted by Crippen LogP contribution is -2.30. The van der Waals surface area contributed by atoms with Crippen LogP contribution in [0.25, 0.3) is 28.1 Å². The number of ether oxygens (including phenoxy) is 1. The highest BCUT2D eigenvalue weighted by molar-refractivity contribution is 5.92. The second-order valence-corrected chi connectivity index (χ2v) is 7.25. The molecule has 0 atom stereocenters. The Bertz CT molecular complexity index is 1020. The molecule has 1 aromatic carbocycles. The van der Waals surface area contributed by atoms with Crippen molar-refractivity contribution in [2.24, 2.45) is 12.8 Å². The SMILES string of the molecule is C=C(N)c1cc(OC)c2c(nc(-c3ccc(N(CC)C(C)C)nc3)n2C)c1C. The highest BCUT2D eigenvalue weighted by atomic mass is 16.5. The van der Waals surface area contributed by atoms with Crippen LogP contribution in [-0.2, 0) is 7.05 Å². The molecule has 0 bridgehead atoms. The molecule has 0 aliphatic rings. The van der Waals surface area contributed by atoms with Crippen LogP contribution in [0.1, 0.15) is 31.9 Å². The molecule has 2 N–H and O–H groups in total. The summed E-state index contributed by atoms with van der Waals surface area (Å²) in [4.78, 5) is 11.8. The molecule has 0 unspecified atom stereocenters. The van der Waals surface area contributed by atoms with E-state index >= 15 is 0 Å². The number of nitrogens with zero attached hydrogens (tertiary/aromatic N) is 4. The van der Waals surface area contributed by atoms with Crippen LogP contribution >= 0.6 is 0 Å². The summed E-state index contributed by atoms with van der Waals surface area (Å²) in [7, 11) is 3.64. The van der Waals surface area contributed by atoms with Gasteiger partial charge in [-0.05, 0) is 51.5 Å². The van der Waals surface area contributed by atoms with E-state index in [0.29, 0.717) is 11.7 Å². The predicted octanol–water partition coefficient (Wildman–Crippen LogP) is 4.12. The first-order valence-corrected chi connectivity index (χ1v) is 9.51. The van der Waals surface area contributed by atoms with Crippen molar-refractivity contribution in [1.29, 1.82) is 0 Å². The lowest BCUT2D eigenvalue weighted by molar-refractivity contribution is 0.418. The first-order valence-electron chi connectivity index (χ1n) is 9.51. The maximum Gasteiger partial charge on any atom is 0.145 e. The third-order valence-electron chi connectivity index (χ3n) is 5.19. The van der Waals surface area contributed by atoms with Crippen LogP contribution in [0.4, 0.5) is 5.82 Å². The highest BCUT2D eigenvalue weighted by Crippen LogP contribution is 2.35. The van der Waals surface area contributed by atoms with Crippen molar-refractivity contribution >= 4 is 22.5 Å². The average molecular weight is 380 g/mol. The Hall–Kier alpha value is -3.02. The van der Waals surface area contributed by atoms with Crippen LogP contribution in [0.15, 0.2) is 31.0 Å². The molecule has 0 aliphatic heterocycles. The minimum Gasteiger partial charge on any atom is -0.494 e. The Morgan fingerprint density at radius 3 is 2.57 bits per heavy atom. The van der Waals surface area contributed by atoms with Crippen LogP contribution in [0, 0.1) is 6.92 Å². The Balaban J connectivity index is 2.15. The van der Waals surface area contributed by atoms with Gasteiger partial charge in [-0.2, -0.15) is 0 Å². The van der Waals surface area contributed by atoms with Gasteiger partial charge in [0.15, 0.2) is 0 Å². The van der Waals surface area contributed by atoms with Gasteiger partial charge < -0.3 is 19.9 Å². The molecule has 0 saturated heterocycles. The number of nitrogens with two attached hydrogens (primary N) is 1. The largest absolute Gasteiger partial charge is 0.494 e. The minimum absolute atomic E-state index is 0.397. The third kappa shape index (κ3) is 3.19. The number of rotatable bonds is 6. The molecule has 3 aromatic rings. The molecule has 2 aromatic heterocycles. The molecule has 28 heavy (non-hydrogen) atoms. The van der Waals surface area contributed by atoms with Gasteiger partial charge in [0.05, 0.1) is 12.6 Å². The number of hydrogen-bond acceptors (Lipinski definition) is 5. The fourth-order valence-electron chi connectivity index (χ4n) is 3.70. The van der Waals surface area contributed by atoms with Crippen molar-refractivity contribution in [2.45, 2.75) is 33.7 Å². The Labute approximate surface area is 166 Å². The third-order valence-corrected chi connectivity index (χ3v) is 5.19. The number of pyridine rings is 1. The molecule has 6 heteroatoms. The fraction of sp³-hybridized carbons (Fsp3) is 0.364. The smallest absolute Gasteiger partial charge is 0.145 e. The summed E-state index contributed by atoms with van der Waals surface area (Å²) < 4.78 is 7.66. The molecule has 0 amide bonds. The molecular weight excluding hydrogens is 350 g/mol. The van der Waals surface area contributed by atoms with Crippen LogP contribution < -0.4 is 15.4 Å². The maximum absolute atomic E-state index is 5.97. The highest BCUT2D eigenvalue weighted by Gasteiger charge is 2.19. The molecule has 6 nitrogen and oxygen atoms in total. The number of hydrogen-bond donors (Lipinski definition) is 1. The van der Waals surface area contributed by atoms with Gasteiger partial charge in [0.1, 0.15) is 22.9 Å². The summed E-state index contributed by atoms with van der Waals surface area (Å²) in [6.07, 6.45) is 1.88. The Morgan fingerprint density at radius 2 is 2.07 bits per heavy atom. The number of imidazole rings is 1. The average Bonchev–Trinajstić information content (AvgIpc) is 3.01. The first-order chi connectivity index (χ1) is 13.3. The van der Waals surface area contributed by atoms with Gasteiger partial charge in [-0.1, -0.05) is 6.58 Å². The van der Waals surface area contributed by atoms with Gasteiger partial charge in [-0.15, -0.1) is 0 Å². The van der Waals surface area contributed by atoms with Crippen LogP contribution in [0.3, 0.4) is 0 Å². The van der Waals surface area contributed by atoms with Crippen molar-refractivity contribution in [3.63, 3.8) is 0 Å². The van der Waals surface area contributed by atoms with E-state index in [9.17, 15) is 0 Å². The lowest BCUT2D eigenvalue weighted by Gasteiger charge is -2.26. The molecule has 0 spiro atoms. The number of aryl methyl sites for hydroxylation is 2. The molecular formula is C22H29N5O. The van der Waals surface area contributed by atoms with Crippen molar-refractivity contribution in [3.8, 4) is 17.1 Å². The fourth-order valence-corrected chi connectivity index (χ4v) is 3.70. The molecule has 0 aliphatic carbocycles. The second-order valence-electron chi connectivity index (χ2n) is 7.25.